The molecule has 0 N–H and O–H groups in total. The van der Waals surface area contributed by atoms with Crippen molar-refractivity contribution in [1.29, 1.82) is 0 Å². The first-order valence-electron chi connectivity index (χ1n) is 22.0. The van der Waals surface area contributed by atoms with Gasteiger partial charge in [-0.3, -0.25) is 0 Å². The highest BCUT2D eigenvalue weighted by Crippen LogP contribution is 2.62. The second kappa shape index (κ2) is 14.2. The van der Waals surface area contributed by atoms with Crippen molar-refractivity contribution in [1.82, 2.24) is 0 Å². The molecule has 0 radical (unpaired) electrons. The molecular formula is C62H45N. The first kappa shape index (κ1) is 37.1. The Balaban J connectivity index is 1.03. The Hall–Kier alpha value is -7.74. The SMILES string of the molecule is C=CC1=Cc2ccccc2C12c1cc(-c3ccccc3)ccc1-c1c(-c3ccc(N(c4ccc(-c5ccccc5)cc4)c4cccc5c4-c4ccccc4C5(C)C)cc3)cccc12. The molecule has 1 spiro atoms. The van der Waals surface area contributed by atoms with E-state index in [1.807, 2.05) is 0 Å². The van der Waals surface area contributed by atoms with E-state index in [1.165, 1.54) is 100 Å². The van der Waals surface area contributed by atoms with Gasteiger partial charge in [0, 0.05) is 22.4 Å². The lowest BCUT2D eigenvalue weighted by Gasteiger charge is -2.32. The van der Waals surface area contributed by atoms with Crippen molar-refractivity contribution >= 4 is 23.1 Å². The van der Waals surface area contributed by atoms with Gasteiger partial charge >= 0.3 is 0 Å². The topological polar surface area (TPSA) is 3.24 Å². The number of nitrogens with zero attached hydrogens (tertiary/aromatic N) is 1. The Morgan fingerprint density at radius 3 is 1.63 bits per heavy atom. The van der Waals surface area contributed by atoms with E-state index >= 15 is 0 Å². The standard InChI is InChI=1S/C62H45N/c1-4-47-39-46-21-11-13-24-53(46)62(47)56-27-15-23-50(59(56)52-38-33-45(40-57(52)62)42-19-9-6-10-20-42)44-31-36-49(37-32-44)63(48-34-29-43(30-35-48)41-17-7-5-8-18-41)58-28-16-26-55-60(58)51-22-12-14-25-54(51)61(55,2)3/h4-40H,1H2,2-3H3. The van der Waals surface area contributed by atoms with Gasteiger partial charge in [0.15, 0.2) is 0 Å². The van der Waals surface area contributed by atoms with E-state index in [4.69, 9.17) is 0 Å². The summed E-state index contributed by atoms with van der Waals surface area (Å²) in [4.78, 5) is 2.46. The van der Waals surface area contributed by atoms with Crippen LogP contribution in [0, 0.1) is 0 Å². The van der Waals surface area contributed by atoms with Crippen molar-refractivity contribution in [2.45, 2.75) is 24.7 Å². The van der Waals surface area contributed by atoms with Crippen molar-refractivity contribution in [2.75, 3.05) is 4.90 Å². The van der Waals surface area contributed by atoms with Crippen LogP contribution in [0.2, 0.25) is 0 Å². The third-order valence-corrected chi connectivity index (χ3v) is 14.1. The molecule has 3 aliphatic carbocycles. The first-order chi connectivity index (χ1) is 31.0. The lowest BCUT2D eigenvalue weighted by molar-refractivity contribution is 0.660. The summed E-state index contributed by atoms with van der Waals surface area (Å²) in [6, 6.07) is 78.4. The molecule has 9 aromatic carbocycles. The zero-order valence-corrected chi connectivity index (χ0v) is 35.5. The third kappa shape index (κ3) is 5.43. The van der Waals surface area contributed by atoms with Gasteiger partial charge < -0.3 is 4.90 Å². The van der Waals surface area contributed by atoms with Gasteiger partial charge in [-0.2, -0.15) is 0 Å². The summed E-state index contributed by atoms with van der Waals surface area (Å²) in [5.74, 6) is 0. The maximum Gasteiger partial charge on any atom is 0.0719 e. The van der Waals surface area contributed by atoms with Gasteiger partial charge in [0.2, 0.25) is 0 Å². The van der Waals surface area contributed by atoms with E-state index < -0.39 is 5.41 Å². The van der Waals surface area contributed by atoms with Crippen LogP contribution in [0.25, 0.3) is 61.7 Å². The molecule has 1 atom stereocenters. The summed E-state index contributed by atoms with van der Waals surface area (Å²) >= 11 is 0. The van der Waals surface area contributed by atoms with E-state index in [9.17, 15) is 0 Å². The van der Waals surface area contributed by atoms with Crippen molar-refractivity contribution in [3.8, 4) is 55.6 Å². The third-order valence-electron chi connectivity index (χ3n) is 14.1. The maximum atomic E-state index is 4.42. The molecule has 1 heteroatoms. The van der Waals surface area contributed by atoms with Crippen LogP contribution in [-0.2, 0) is 10.8 Å². The highest BCUT2D eigenvalue weighted by atomic mass is 15.1. The highest BCUT2D eigenvalue weighted by Gasteiger charge is 2.50. The molecule has 0 fully saturated rings. The van der Waals surface area contributed by atoms with E-state index in [2.05, 4.69) is 250 Å². The quantitative estimate of drug-likeness (QED) is 0.155. The minimum Gasteiger partial charge on any atom is -0.310 e. The number of fused-ring (bicyclic) bond motifs is 10. The van der Waals surface area contributed by atoms with Crippen molar-refractivity contribution in [2.24, 2.45) is 0 Å². The fourth-order valence-electron chi connectivity index (χ4n) is 11.2. The van der Waals surface area contributed by atoms with Gasteiger partial charge in [0.25, 0.3) is 0 Å². The Labute approximate surface area is 370 Å². The number of allylic oxidation sites excluding steroid dienone is 2. The molecule has 12 rings (SSSR count). The van der Waals surface area contributed by atoms with Crippen LogP contribution >= 0.6 is 0 Å². The minimum absolute atomic E-state index is 0.113. The molecule has 3 aliphatic rings. The summed E-state index contributed by atoms with van der Waals surface area (Å²) < 4.78 is 0. The average Bonchev–Trinajstić information content (AvgIpc) is 3.93. The molecule has 9 aromatic rings. The lowest BCUT2D eigenvalue weighted by Crippen LogP contribution is -2.26. The summed E-state index contributed by atoms with van der Waals surface area (Å²) in [5, 5.41) is 0. The van der Waals surface area contributed by atoms with Gasteiger partial charge in [-0.15, -0.1) is 0 Å². The normalized spacial score (nSPS) is 15.8. The fourth-order valence-corrected chi connectivity index (χ4v) is 11.2. The predicted molar refractivity (Wildman–Crippen MR) is 265 cm³/mol. The van der Waals surface area contributed by atoms with Crippen LogP contribution in [0.1, 0.15) is 47.2 Å². The predicted octanol–water partition coefficient (Wildman–Crippen LogP) is 16.4. The summed E-state index contributed by atoms with van der Waals surface area (Å²) in [5.41, 5.74) is 24.4. The van der Waals surface area contributed by atoms with E-state index in [-0.39, 0.29) is 5.41 Å². The molecule has 63 heavy (non-hydrogen) atoms. The Morgan fingerprint density at radius 2 is 0.921 bits per heavy atom. The van der Waals surface area contributed by atoms with Crippen molar-refractivity contribution in [3.05, 3.63) is 264 Å². The second-order valence-electron chi connectivity index (χ2n) is 17.7. The number of anilines is 3. The molecule has 1 unspecified atom stereocenters. The maximum absolute atomic E-state index is 4.42. The largest absolute Gasteiger partial charge is 0.310 e. The van der Waals surface area contributed by atoms with E-state index in [1.54, 1.807) is 0 Å². The van der Waals surface area contributed by atoms with Crippen LogP contribution in [0.4, 0.5) is 17.1 Å². The zero-order valence-electron chi connectivity index (χ0n) is 35.5. The Bertz CT molecular complexity index is 3300. The molecule has 0 aliphatic heterocycles. The summed E-state index contributed by atoms with van der Waals surface area (Å²) in [7, 11) is 0. The monoisotopic (exact) mass is 803 g/mol. The fraction of sp³-hybridized carbons (Fsp3) is 0.0645. The van der Waals surface area contributed by atoms with Gasteiger partial charge in [-0.05, 0) is 131 Å². The molecule has 0 amide bonds. The molecule has 298 valence electrons. The highest BCUT2D eigenvalue weighted by molar-refractivity contribution is 6.00. The summed E-state index contributed by atoms with van der Waals surface area (Å²) in [6.07, 6.45) is 4.43. The Morgan fingerprint density at radius 1 is 0.397 bits per heavy atom. The lowest BCUT2D eigenvalue weighted by atomic mass is 9.69. The minimum atomic E-state index is -0.468. The van der Waals surface area contributed by atoms with Crippen LogP contribution < -0.4 is 4.90 Å². The van der Waals surface area contributed by atoms with E-state index in [0.29, 0.717) is 0 Å². The van der Waals surface area contributed by atoms with Gasteiger partial charge in [-0.25, -0.2) is 0 Å². The van der Waals surface area contributed by atoms with Crippen molar-refractivity contribution in [3.63, 3.8) is 0 Å². The number of rotatable bonds is 7. The van der Waals surface area contributed by atoms with Gasteiger partial charge in [-0.1, -0.05) is 202 Å². The number of benzene rings is 9. The van der Waals surface area contributed by atoms with E-state index in [0.717, 1.165) is 11.4 Å². The molecule has 0 saturated heterocycles. The van der Waals surface area contributed by atoms with Crippen LogP contribution in [0.15, 0.2) is 231 Å². The Kier molecular flexibility index (Phi) is 8.33. The van der Waals surface area contributed by atoms with Gasteiger partial charge in [0.05, 0.1) is 11.1 Å². The summed E-state index contributed by atoms with van der Waals surface area (Å²) in [6.45, 7) is 9.13. The molecule has 0 heterocycles. The number of hydrogen-bond donors (Lipinski definition) is 0. The van der Waals surface area contributed by atoms with Gasteiger partial charge in [0.1, 0.15) is 0 Å². The zero-order chi connectivity index (χ0) is 42.3. The molecular weight excluding hydrogens is 759 g/mol. The average molecular weight is 804 g/mol. The molecule has 0 aromatic heterocycles. The molecule has 1 nitrogen and oxygen atoms in total. The van der Waals surface area contributed by atoms with Crippen LogP contribution in [-0.4, -0.2) is 0 Å². The second-order valence-corrected chi connectivity index (χ2v) is 17.7. The smallest absolute Gasteiger partial charge is 0.0719 e. The number of hydrogen-bond acceptors (Lipinski definition) is 1. The molecule has 0 bridgehead atoms. The van der Waals surface area contributed by atoms with Crippen LogP contribution in [0.5, 0.6) is 0 Å². The van der Waals surface area contributed by atoms with Crippen LogP contribution in [0.3, 0.4) is 0 Å². The van der Waals surface area contributed by atoms with Crippen molar-refractivity contribution < 1.29 is 0 Å². The first-order valence-corrected chi connectivity index (χ1v) is 22.0. The molecule has 0 saturated carbocycles.